The maximum atomic E-state index is 2.54. The number of para-hydroxylation sites is 5. The number of benzene rings is 10. The molecule has 0 spiro atoms. The molecular weight excluding hydrogens is 691 g/mol. The molecule has 3 aromatic heterocycles. The van der Waals surface area contributed by atoms with E-state index in [0.29, 0.717) is 0 Å². The fraction of sp³-hybridized carbons (Fsp3) is 0. The molecule has 0 bridgehead atoms. The normalized spacial score (nSPS) is 12.2. The van der Waals surface area contributed by atoms with Crippen molar-refractivity contribution < 1.29 is 0 Å². The van der Waals surface area contributed by atoms with Gasteiger partial charge in [0.25, 0.3) is 0 Å². The smallest absolute Gasteiger partial charge is 0.0782 e. The number of nitrogens with zero attached hydrogens (tertiary/aromatic N) is 3. The minimum atomic E-state index is 1.11. The first-order chi connectivity index (χ1) is 28.3. The van der Waals surface area contributed by atoms with E-state index in [9.17, 15) is 0 Å². The van der Waals surface area contributed by atoms with E-state index >= 15 is 0 Å². The van der Waals surface area contributed by atoms with Gasteiger partial charge in [-0.3, -0.25) is 0 Å². The lowest BCUT2D eigenvalue weighted by Crippen LogP contribution is -2.11. The Bertz CT molecular complexity index is 3720. The monoisotopic (exact) mass is 723 g/mol. The number of fused-ring (bicyclic) bond motifs is 15. The molecule has 0 aliphatic carbocycles. The molecule has 57 heavy (non-hydrogen) atoms. The molecule has 0 atom stereocenters. The second-order valence-electron chi connectivity index (χ2n) is 15.2. The summed E-state index contributed by atoms with van der Waals surface area (Å²) in [4.78, 5) is 2.54. The second kappa shape index (κ2) is 11.5. The summed E-state index contributed by atoms with van der Waals surface area (Å²) in [5.74, 6) is 0. The maximum absolute atomic E-state index is 2.54. The quantitative estimate of drug-likeness (QED) is 0.165. The Hall–Kier alpha value is -7.62. The van der Waals surface area contributed by atoms with Crippen molar-refractivity contribution in [3.8, 4) is 5.69 Å². The molecule has 0 saturated heterocycles. The molecule has 3 heterocycles. The van der Waals surface area contributed by atoms with Crippen molar-refractivity contribution in [3.63, 3.8) is 0 Å². The minimum Gasteiger partial charge on any atom is -0.309 e. The van der Waals surface area contributed by atoms with Crippen LogP contribution in [0.1, 0.15) is 0 Å². The van der Waals surface area contributed by atoms with Crippen LogP contribution in [0.4, 0.5) is 17.1 Å². The molecule has 3 nitrogen and oxygen atoms in total. The number of hydrogen-bond donors (Lipinski definition) is 0. The molecule has 3 heteroatoms. The zero-order chi connectivity index (χ0) is 37.2. The Balaban J connectivity index is 1.21. The third-order valence-electron chi connectivity index (χ3n) is 12.4. The highest BCUT2D eigenvalue weighted by Crippen LogP contribution is 2.49. The Labute approximate surface area is 327 Å². The molecule has 0 unspecified atom stereocenters. The van der Waals surface area contributed by atoms with Crippen molar-refractivity contribution in [2.45, 2.75) is 0 Å². The molecule has 0 aliphatic rings. The van der Waals surface area contributed by atoms with Crippen LogP contribution in [0.25, 0.3) is 97.9 Å². The standard InChI is InChI=1S/C54H33N3/c1-2-15-34(16-3-1)55-48-27-11-9-22-45(48)52-49(55)28-14-29-50(52)56(35-31-32-40-38-19-5-4-17-36(38)37-18-6-7-20-39(37)46(40)33-35)51-30-13-25-44-43-24-12-23-42-41-21-8-10-26-47(41)57(53(42)43)54(44)51/h1-33H. The molecule has 0 fully saturated rings. The van der Waals surface area contributed by atoms with Crippen molar-refractivity contribution in [3.05, 3.63) is 200 Å². The van der Waals surface area contributed by atoms with Crippen LogP contribution in [0.2, 0.25) is 0 Å². The van der Waals surface area contributed by atoms with Crippen LogP contribution in [0, 0.1) is 0 Å². The highest BCUT2D eigenvalue weighted by molar-refractivity contribution is 6.28. The summed E-state index contributed by atoms with van der Waals surface area (Å²) in [5.41, 5.74) is 10.6. The Morgan fingerprint density at radius 2 is 0.789 bits per heavy atom. The summed E-state index contributed by atoms with van der Waals surface area (Å²) < 4.78 is 4.94. The Morgan fingerprint density at radius 1 is 0.298 bits per heavy atom. The maximum Gasteiger partial charge on any atom is 0.0782 e. The van der Waals surface area contributed by atoms with Crippen LogP contribution in [-0.2, 0) is 0 Å². The molecule has 0 radical (unpaired) electrons. The van der Waals surface area contributed by atoms with Crippen molar-refractivity contribution in [2.24, 2.45) is 0 Å². The highest BCUT2D eigenvalue weighted by atomic mass is 15.2. The average molecular weight is 724 g/mol. The lowest BCUT2D eigenvalue weighted by molar-refractivity contribution is 1.18. The van der Waals surface area contributed by atoms with E-state index in [4.69, 9.17) is 0 Å². The third kappa shape index (κ3) is 4.10. The predicted octanol–water partition coefficient (Wildman–Crippen LogP) is 14.9. The van der Waals surface area contributed by atoms with Crippen LogP contribution in [0.5, 0.6) is 0 Å². The van der Waals surface area contributed by atoms with Gasteiger partial charge in [-0.15, -0.1) is 0 Å². The van der Waals surface area contributed by atoms with Gasteiger partial charge in [-0.25, -0.2) is 0 Å². The number of rotatable bonds is 4. The molecular formula is C54H33N3. The van der Waals surface area contributed by atoms with Crippen LogP contribution in [0.3, 0.4) is 0 Å². The first-order valence-electron chi connectivity index (χ1n) is 19.7. The lowest BCUT2D eigenvalue weighted by Gasteiger charge is -2.28. The van der Waals surface area contributed by atoms with Crippen LogP contribution < -0.4 is 4.90 Å². The van der Waals surface area contributed by atoms with Crippen LogP contribution in [-0.4, -0.2) is 8.97 Å². The zero-order valence-electron chi connectivity index (χ0n) is 30.9. The molecule has 13 aromatic rings. The van der Waals surface area contributed by atoms with Gasteiger partial charge >= 0.3 is 0 Å². The highest BCUT2D eigenvalue weighted by Gasteiger charge is 2.26. The van der Waals surface area contributed by atoms with Gasteiger partial charge in [0.1, 0.15) is 0 Å². The SMILES string of the molecule is c1ccc(-n2c3ccccc3c3c(N(c4ccc5c6ccccc6c6ccccc6c5c4)c4cccc5c6cccc7c8ccccc8n(c45)c76)cccc32)cc1. The van der Waals surface area contributed by atoms with Gasteiger partial charge < -0.3 is 13.9 Å². The van der Waals surface area contributed by atoms with Gasteiger partial charge in [0.2, 0.25) is 0 Å². The van der Waals surface area contributed by atoms with E-state index in [0.717, 1.165) is 22.7 Å². The summed E-state index contributed by atoms with van der Waals surface area (Å²) in [6, 6.07) is 73.8. The van der Waals surface area contributed by atoms with Crippen molar-refractivity contribution in [1.82, 2.24) is 8.97 Å². The molecule has 10 aromatic carbocycles. The van der Waals surface area contributed by atoms with E-state index in [1.165, 1.54) is 92.2 Å². The summed E-state index contributed by atoms with van der Waals surface area (Å²) in [7, 11) is 0. The van der Waals surface area contributed by atoms with Crippen LogP contribution >= 0.6 is 0 Å². The molecule has 0 saturated carbocycles. The van der Waals surface area contributed by atoms with Gasteiger partial charge in [0.15, 0.2) is 0 Å². The summed E-state index contributed by atoms with van der Waals surface area (Å²) in [6.45, 7) is 0. The molecule has 0 amide bonds. The van der Waals surface area contributed by atoms with E-state index in [1.54, 1.807) is 0 Å². The largest absolute Gasteiger partial charge is 0.309 e. The number of anilines is 3. The predicted molar refractivity (Wildman–Crippen MR) is 243 cm³/mol. The molecule has 13 rings (SSSR count). The molecule has 264 valence electrons. The first-order valence-corrected chi connectivity index (χ1v) is 19.7. The van der Waals surface area contributed by atoms with Crippen molar-refractivity contribution in [2.75, 3.05) is 4.90 Å². The fourth-order valence-corrected chi connectivity index (χ4v) is 10.1. The lowest BCUT2D eigenvalue weighted by atomic mass is 9.94. The minimum absolute atomic E-state index is 1.11. The summed E-state index contributed by atoms with van der Waals surface area (Å²) in [6.07, 6.45) is 0. The molecule has 0 N–H and O–H groups in total. The topological polar surface area (TPSA) is 12.6 Å². The average Bonchev–Trinajstić information content (AvgIpc) is 3.93. The zero-order valence-corrected chi connectivity index (χ0v) is 30.9. The Kier molecular flexibility index (Phi) is 6.16. The van der Waals surface area contributed by atoms with Crippen molar-refractivity contribution in [1.29, 1.82) is 0 Å². The van der Waals surface area contributed by atoms with Crippen LogP contribution in [0.15, 0.2) is 200 Å². The summed E-state index contributed by atoms with van der Waals surface area (Å²) >= 11 is 0. The van der Waals surface area contributed by atoms with E-state index in [2.05, 4.69) is 214 Å². The van der Waals surface area contributed by atoms with Gasteiger partial charge in [0, 0.05) is 43.7 Å². The second-order valence-corrected chi connectivity index (χ2v) is 15.2. The van der Waals surface area contributed by atoms with Crippen molar-refractivity contribution >= 4 is 109 Å². The van der Waals surface area contributed by atoms with E-state index in [-0.39, 0.29) is 0 Å². The number of hydrogen-bond acceptors (Lipinski definition) is 1. The Morgan fingerprint density at radius 3 is 1.53 bits per heavy atom. The fourth-order valence-electron chi connectivity index (χ4n) is 10.1. The summed E-state index contributed by atoms with van der Waals surface area (Å²) in [5, 5.41) is 15.1. The van der Waals surface area contributed by atoms with Gasteiger partial charge in [-0.1, -0.05) is 146 Å². The van der Waals surface area contributed by atoms with Gasteiger partial charge in [-0.05, 0) is 86.9 Å². The van der Waals surface area contributed by atoms with E-state index in [1.807, 2.05) is 0 Å². The van der Waals surface area contributed by atoms with Gasteiger partial charge in [0.05, 0.1) is 39.0 Å². The van der Waals surface area contributed by atoms with Gasteiger partial charge in [-0.2, -0.15) is 0 Å². The number of aromatic nitrogens is 2. The molecule has 0 aliphatic heterocycles. The van der Waals surface area contributed by atoms with E-state index < -0.39 is 0 Å². The first kappa shape index (κ1) is 30.7. The third-order valence-corrected chi connectivity index (χ3v) is 12.4.